The first-order chi connectivity index (χ1) is 27.6. The van der Waals surface area contributed by atoms with Crippen LogP contribution in [0, 0.1) is 0 Å². The van der Waals surface area contributed by atoms with Gasteiger partial charge in [-0.2, -0.15) is 0 Å². The van der Waals surface area contributed by atoms with Crippen molar-refractivity contribution in [1.82, 2.24) is 0 Å². The van der Waals surface area contributed by atoms with Gasteiger partial charge in [0.2, 0.25) is 0 Å². The summed E-state index contributed by atoms with van der Waals surface area (Å²) in [6, 6.07) is 64.2. The quantitative estimate of drug-likeness (QED) is 0.140. The van der Waals surface area contributed by atoms with Crippen LogP contribution in [0.1, 0.15) is 0 Å². The highest BCUT2D eigenvalue weighted by Gasteiger charge is 2.27. The fourth-order valence-corrected chi connectivity index (χ4v) is 7.12. The summed E-state index contributed by atoms with van der Waals surface area (Å²) in [5.74, 6) is 5.79. The molecule has 0 fully saturated rings. The van der Waals surface area contributed by atoms with E-state index in [2.05, 4.69) is 60.3 Å². The van der Waals surface area contributed by atoms with Crippen LogP contribution in [0.2, 0.25) is 0 Å². The maximum atomic E-state index is 6.52. The molecule has 6 nitrogen and oxygen atoms in total. The molecule has 8 aromatic carbocycles. The van der Waals surface area contributed by atoms with E-state index < -0.39 is 0 Å². The van der Waals surface area contributed by atoms with Gasteiger partial charge in [0.05, 0.1) is 33.9 Å². The highest BCUT2D eigenvalue weighted by molar-refractivity contribution is 5.97. The van der Waals surface area contributed by atoms with E-state index in [-0.39, 0.29) is 0 Å². The molecule has 1 heterocycles. The van der Waals surface area contributed by atoms with Gasteiger partial charge < -0.3 is 28.7 Å². The highest BCUT2D eigenvalue weighted by atomic mass is 16.5. The van der Waals surface area contributed by atoms with Crippen molar-refractivity contribution in [3.05, 3.63) is 194 Å². The van der Waals surface area contributed by atoms with Crippen molar-refractivity contribution in [2.24, 2.45) is 0 Å². The zero-order chi connectivity index (χ0) is 37.8. The van der Waals surface area contributed by atoms with E-state index in [4.69, 9.17) is 18.9 Å². The van der Waals surface area contributed by atoms with Crippen LogP contribution < -0.4 is 28.7 Å². The molecule has 272 valence electrons. The number of hydrogen-bond acceptors (Lipinski definition) is 6. The second-order valence-corrected chi connectivity index (χ2v) is 13.4. The van der Waals surface area contributed by atoms with Crippen LogP contribution in [0.3, 0.4) is 0 Å². The minimum atomic E-state index is 0.700. The number of nitrogens with zero attached hydrogens (tertiary/aromatic N) is 2. The van der Waals surface area contributed by atoms with Gasteiger partial charge in [0.15, 0.2) is 0 Å². The molecule has 8 aromatic rings. The molecule has 0 bridgehead atoms. The third kappa shape index (κ3) is 6.88. The van der Waals surface area contributed by atoms with Crippen molar-refractivity contribution in [1.29, 1.82) is 0 Å². The van der Waals surface area contributed by atoms with E-state index in [0.29, 0.717) is 23.0 Å². The Morgan fingerprint density at radius 2 is 0.571 bits per heavy atom. The Morgan fingerprint density at radius 3 is 0.857 bits per heavy atom. The molecule has 9 rings (SSSR count). The van der Waals surface area contributed by atoms with Gasteiger partial charge in [0.1, 0.15) is 46.0 Å². The fraction of sp³-hybridized carbons (Fsp3) is 0.0400. The van der Waals surface area contributed by atoms with Gasteiger partial charge in [0.25, 0.3) is 0 Å². The molecule has 0 aromatic heterocycles. The average Bonchev–Trinajstić information content (AvgIpc) is 3.24. The first kappa shape index (κ1) is 34.3. The minimum Gasteiger partial charge on any atom is -0.457 e. The summed E-state index contributed by atoms with van der Waals surface area (Å²) in [6.45, 7) is 0. The van der Waals surface area contributed by atoms with Crippen molar-refractivity contribution in [3.8, 4) is 68.2 Å². The largest absolute Gasteiger partial charge is 0.457 e. The van der Waals surface area contributed by atoms with Crippen LogP contribution in [0.25, 0.3) is 22.3 Å². The lowest BCUT2D eigenvalue weighted by atomic mass is 9.97. The maximum absolute atomic E-state index is 6.52. The number of hydrogen-bond donors (Lipinski definition) is 0. The predicted molar refractivity (Wildman–Crippen MR) is 226 cm³/mol. The predicted octanol–water partition coefficient (Wildman–Crippen LogP) is 14.0. The van der Waals surface area contributed by atoms with E-state index in [1.165, 1.54) is 0 Å². The zero-order valence-electron chi connectivity index (χ0n) is 31.0. The Kier molecular flexibility index (Phi) is 9.27. The summed E-state index contributed by atoms with van der Waals surface area (Å²) >= 11 is 0. The average molecular weight is 731 g/mol. The van der Waals surface area contributed by atoms with Crippen LogP contribution in [0.15, 0.2) is 194 Å². The summed E-state index contributed by atoms with van der Waals surface area (Å²) in [5.41, 5.74) is 7.87. The van der Waals surface area contributed by atoms with Crippen LogP contribution in [0.4, 0.5) is 22.7 Å². The molecule has 0 saturated heterocycles. The molecule has 6 heteroatoms. The standard InChI is InChI=1S/C50H38N2O4/c1-51-41-31-29-36(50-47(55-39-21-11-5-12-22-39)27-16-28-48(50)56-40-23-13-6-14-24-40)34-44(41)52(2)42-32-30-35(33-43(42)51)49-45(53-37-17-7-3-8-18-37)25-15-26-46(49)54-38-19-9-4-10-20-38/h3-34H,1-2H3. The van der Waals surface area contributed by atoms with Gasteiger partial charge in [-0.1, -0.05) is 97.1 Å². The molecule has 1 aliphatic heterocycles. The monoisotopic (exact) mass is 730 g/mol. The molecule has 0 saturated carbocycles. The van der Waals surface area contributed by atoms with Gasteiger partial charge in [-0.3, -0.25) is 0 Å². The first-order valence-electron chi connectivity index (χ1n) is 18.5. The first-order valence-corrected chi connectivity index (χ1v) is 18.5. The molecule has 0 N–H and O–H groups in total. The molecule has 0 unspecified atom stereocenters. The van der Waals surface area contributed by atoms with Crippen molar-refractivity contribution in [3.63, 3.8) is 0 Å². The Labute approximate surface area is 327 Å². The molecular formula is C50H38N2O4. The molecular weight excluding hydrogens is 693 g/mol. The molecule has 0 atom stereocenters. The SMILES string of the molecule is CN1c2ccc(-c3c(Oc4ccccc4)cccc3Oc3ccccc3)cc2N(C)c2ccc(-c3c(Oc4ccccc4)cccc3Oc3ccccc3)cc21. The molecule has 0 aliphatic carbocycles. The van der Waals surface area contributed by atoms with Crippen molar-refractivity contribution < 1.29 is 18.9 Å². The number of fused-ring (bicyclic) bond motifs is 2. The lowest BCUT2D eigenvalue weighted by Crippen LogP contribution is -2.24. The van der Waals surface area contributed by atoms with E-state index in [1.54, 1.807) is 0 Å². The number of para-hydroxylation sites is 4. The summed E-state index contributed by atoms with van der Waals surface area (Å²) in [6.07, 6.45) is 0. The third-order valence-corrected chi connectivity index (χ3v) is 9.83. The van der Waals surface area contributed by atoms with Gasteiger partial charge in [-0.25, -0.2) is 0 Å². The number of benzene rings is 8. The lowest BCUT2D eigenvalue weighted by Gasteiger charge is -2.37. The van der Waals surface area contributed by atoms with Crippen molar-refractivity contribution in [2.45, 2.75) is 0 Å². The van der Waals surface area contributed by atoms with Crippen molar-refractivity contribution in [2.75, 3.05) is 23.9 Å². The van der Waals surface area contributed by atoms with Gasteiger partial charge in [-0.05, 0) is 108 Å². The van der Waals surface area contributed by atoms with E-state index in [1.807, 2.05) is 158 Å². The zero-order valence-corrected chi connectivity index (χ0v) is 31.0. The Hall–Kier alpha value is -7.44. The third-order valence-electron chi connectivity index (χ3n) is 9.83. The summed E-state index contributed by atoms with van der Waals surface area (Å²) < 4.78 is 26.1. The second-order valence-electron chi connectivity index (χ2n) is 13.4. The van der Waals surface area contributed by atoms with Gasteiger partial charge >= 0.3 is 0 Å². The second kappa shape index (κ2) is 15.1. The Bertz CT molecular complexity index is 2310. The number of ether oxygens (including phenoxy) is 4. The van der Waals surface area contributed by atoms with E-state index in [0.717, 1.165) is 68.0 Å². The smallest absolute Gasteiger partial charge is 0.139 e. The Balaban J connectivity index is 1.11. The summed E-state index contributed by atoms with van der Waals surface area (Å²) in [5, 5.41) is 0. The molecule has 56 heavy (non-hydrogen) atoms. The fourth-order valence-electron chi connectivity index (χ4n) is 7.12. The van der Waals surface area contributed by atoms with Crippen molar-refractivity contribution >= 4 is 22.7 Å². The van der Waals surface area contributed by atoms with Crippen LogP contribution in [-0.4, -0.2) is 14.1 Å². The van der Waals surface area contributed by atoms with Crippen LogP contribution in [-0.2, 0) is 0 Å². The molecule has 1 aliphatic rings. The van der Waals surface area contributed by atoms with Crippen LogP contribution >= 0.6 is 0 Å². The molecule has 0 amide bonds. The summed E-state index contributed by atoms with van der Waals surface area (Å²) in [7, 11) is 4.22. The normalized spacial score (nSPS) is 11.7. The van der Waals surface area contributed by atoms with Gasteiger partial charge in [-0.15, -0.1) is 0 Å². The topological polar surface area (TPSA) is 43.4 Å². The van der Waals surface area contributed by atoms with Gasteiger partial charge in [0, 0.05) is 14.1 Å². The van der Waals surface area contributed by atoms with E-state index >= 15 is 0 Å². The maximum Gasteiger partial charge on any atom is 0.139 e. The number of anilines is 4. The van der Waals surface area contributed by atoms with E-state index in [9.17, 15) is 0 Å². The Morgan fingerprint density at radius 1 is 0.286 bits per heavy atom. The lowest BCUT2D eigenvalue weighted by molar-refractivity contribution is 0.463. The number of rotatable bonds is 10. The minimum absolute atomic E-state index is 0.700. The summed E-state index contributed by atoms with van der Waals surface area (Å²) in [4.78, 5) is 4.48. The molecule has 0 radical (unpaired) electrons. The van der Waals surface area contributed by atoms with Crippen LogP contribution in [0.5, 0.6) is 46.0 Å². The highest BCUT2D eigenvalue weighted by Crippen LogP contribution is 2.52. The molecule has 0 spiro atoms.